The summed E-state index contributed by atoms with van der Waals surface area (Å²) >= 11 is 1.89. The molecule has 0 saturated heterocycles. The summed E-state index contributed by atoms with van der Waals surface area (Å²) in [6.45, 7) is 0. The first-order valence-corrected chi connectivity index (χ1v) is 14.9. The van der Waals surface area contributed by atoms with Crippen LogP contribution >= 0.6 is 11.3 Å². The van der Waals surface area contributed by atoms with Gasteiger partial charge in [0, 0.05) is 20.2 Å². The van der Waals surface area contributed by atoms with Crippen LogP contribution in [0.4, 0.5) is 0 Å². The van der Waals surface area contributed by atoms with Gasteiger partial charge >= 0.3 is 0 Å². The van der Waals surface area contributed by atoms with Gasteiger partial charge in [0.2, 0.25) is 0 Å². The fourth-order valence-corrected chi connectivity index (χ4v) is 7.96. The van der Waals surface area contributed by atoms with Crippen LogP contribution in [0.15, 0.2) is 146 Å². The van der Waals surface area contributed by atoms with Gasteiger partial charge in [-0.25, -0.2) is 0 Å². The van der Waals surface area contributed by atoms with Crippen molar-refractivity contribution in [1.29, 1.82) is 0 Å². The normalized spacial score (nSPS) is 11.9. The summed E-state index contributed by atoms with van der Waals surface area (Å²) in [5, 5.41) is 5.38. The average Bonchev–Trinajstić information content (AvgIpc) is 3.59. The number of benzene rings is 7. The topological polar surface area (TPSA) is 0 Å². The predicted molar refractivity (Wildman–Crippen MR) is 178 cm³/mol. The van der Waals surface area contributed by atoms with Gasteiger partial charge in [-0.15, -0.1) is 11.3 Å². The lowest BCUT2D eigenvalue weighted by atomic mass is 9.93. The summed E-state index contributed by atoms with van der Waals surface area (Å²) in [4.78, 5) is 0. The summed E-state index contributed by atoms with van der Waals surface area (Å²) in [6.07, 6.45) is 0. The summed E-state index contributed by atoms with van der Waals surface area (Å²) < 4.78 is 2.70. The van der Waals surface area contributed by atoms with Crippen molar-refractivity contribution in [3.8, 4) is 55.6 Å². The third-order valence-corrected chi connectivity index (χ3v) is 9.90. The fraction of sp³-hybridized carbons (Fsp3) is 0. The summed E-state index contributed by atoms with van der Waals surface area (Å²) in [7, 11) is 0. The molecule has 0 aliphatic heterocycles. The van der Waals surface area contributed by atoms with E-state index in [0.717, 1.165) is 0 Å². The molecule has 1 aromatic heterocycles. The van der Waals surface area contributed by atoms with Crippen molar-refractivity contribution in [1.82, 2.24) is 0 Å². The van der Waals surface area contributed by atoms with Crippen LogP contribution in [0.3, 0.4) is 0 Å². The zero-order valence-electron chi connectivity index (χ0n) is 22.3. The zero-order chi connectivity index (χ0) is 26.9. The Morgan fingerprint density at radius 2 is 0.780 bits per heavy atom. The van der Waals surface area contributed by atoms with Gasteiger partial charge in [0.25, 0.3) is 0 Å². The predicted octanol–water partition coefficient (Wildman–Crippen LogP) is 11.9. The number of fused-ring (bicyclic) bond motifs is 6. The van der Waals surface area contributed by atoms with Gasteiger partial charge in [-0.05, 0) is 72.5 Å². The second-order valence-electron chi connectivity index (χ2n) is 10.9. The maximum atomic E-state index is 2.30. The molecule has 9 rings (SSSR count). The molecule has 0 amide bonds. The third kappa shape index (κ3) is 3.40. The van der Waals surface area contributed by atoms with E-state index in [1.807, 2.05) is 11.3 Å². The molecule has 0 unspecified atom stereocenters. The standard InChI is InChI=1S/C40H24S/c1-2-8-32-31(7-1)35-12-6-11-34-29(23-24-36(32)39(34)35)27-19-15-25(16-20-27)26-17-21-28(22-18-26)30-10-5-13-37-33-9-3-4-14-38(33)41-40(30)37/h1-24H. The van der Waals surface area contributed by atoms with E-state index in [1.165, 1.54) is 86.6 Å². The quantitative estimate of drug-likeness (QED) is 0.211. The van der Waals surface area contributed by atoms with Crippen molar-refractivity contribution >= 4 is 42.3 Å². The van der Waals surface area contributed by atoms with E-state index in [1.54, 1.807) is 0 Å². The highest BCUT2D eigenvalue weighted by atomic mass is 32.1. The van der Waals surface area contributed by atoms with Crippen molar-refractivity contribution in [2.45, 2.75) is 0 Å². The van der Waals surface area contributed by atoms with Crippen LogP contribution in [-0.2, 0) is 0 Å². The first kappa shape index (κ1) is 22.8. The Morgan fingerprint density at radius 1 is 0.293 bits per heavy atom. The van der Waals surface area contributed by atoms with Crippen LogP contribution in [-0.4, -0.2) is 0 Å². The molecular weight excluding hydrogens is 513 g/mol. The molecule has 1 heterocycles. The lowest BCUT2D eigenvalue weighted by Crippen LogP contribution is -1.85. The summed E-state index contributed by atoms with van der Waals surface area (Å²) in [5.74, 6) is 0. The average molecular weight is 537 g/mol. The molecule has 7 aromatic carbocycles. The van der Waals surface area contributed by atoms with Gasteiger partial charge in [0.1, 0.15) is 0 Å². The highest BCUT2D eigenvalue weighted by Crippen LogP contribution is 2.49. The minimum atomic E-state index is 1.23. The van der Waals surface area contributed by atoms with Gasteiger partial charge < -0.3 is 0 Å². The van der Waals surface area contributed by atoms with Crippen LogP contribution in [0.5, 0.6) is 0 Å². The van der Waals surface area contributed by atoms with Gasteiger partial charge in [0.15, 0.2) is 0 Å². The lowest BCUT2D eigenvalue weighted by molar-refractivity contribution is 1.60. The lowest BCUT2D eigenvalue weighted by Gasteiger charge is -2.11. The van der Waals surface area contributed by atoms with Crippen LogP contribution in [0, 0.1) is 0 Å². The van der Waals surface area contributed by atoms with Gasteiger partial charge in [-0.3, -0.25) is 0 Å². The van der Waals surface area contributed by atoms with E-state index in [9.17, 15) is 0 Å². The summed E-state index contributed by atoms with van der Waals surface area (Å²) in [5.41, 5.74) is 12.9. The molecular formula is C40H24S. The second-order valence-corrected chi connectivity index (χ2v) is 11.9. The Morgan fingerprint density at radius 3 is 1.51 bits per heavy atom. The molecule has 0 N–H and O–H groups in total. The molecule has 0 bridgehead atoms. The van der Waals surface area contributed by atoms with Crippen molar-refractivity contribution < 1.29 is 0 Å². The minimum Gasteiger partial charge on any atom is -0.135 e. The van der Waals surface area contributed by atoms with E-state index in [0.29, 0.717) is 0 Å². The molecule has 1 heteroatoms. The van der Waals surface area contributed by atoms with Gasteiger partial charge in [0.05, 0.1) is 0 Å². The highest BCUT2D eigenvalue weighted by Gasteiger charge is 2.22. The Kier molecular flexibility index (Phi) is 4.87. The zero-order valence-corrected chi connectivity index (χ0v) is 23.1. The van der Waals surface area contributed by atoms with Crippen molar-refractivity contribution in [2.24, 2.45) is 0 Å². The van der Waals surface area contributed by atoms with Crippen molar-refractivity contribution in [3.63, 3.8) is 0 Å². The first-order valence-electron chi connectivity index (χ1n) is 14.1. The molecule has 0 nitrogen and oxygen atoms in total. The molecule has 0 fully saturated rings. The molecule has 0 saturated carbocycles. The van der Waals surface area contributed by atoms with E-state index in [4.69, 9.17) is 0 Å². The molecule has 1 aliphatic rings. The maximum Gasteiger partial charge on any atom is 0.0433 e. The molecule has 41 heavy (non-hydrogen) atoms. The van der Waals surface area contributed by atoms with Gasteiger partial charge in [-0.1, -0.05) is 140 Å². The van der Waals surface area contributed by atoms with E-state index >= 15 is 0 Å². The smallest absolute Gasteiger partial charge is 0.0433 e. The van der Waals surface area contributed by atoms with Crippen molar-refractivity contribution in [2.75, 3.05) is 0 Å². The van der Waals surface area contributed by atoms with E-state index in [-0.39, 0.29) is 0 Å². The first-order chi connectivity index (χ1) is 20.3. The molecule has 0 atom stereocenters. The molecule has 0 spiro atoms. The summed E-state index contributed by atoms with van der Waals surface area (Å²) in [6, 6.07) is 53.6. The van der Waals surface area contributed by atoms with Crippen LogP contribution in [0.1, 0.15) is 0 Å². The highest BCUT2D eigenvalue weighted by molar-refractivity contribution is 7.26. The SMILES string of the molecule is c1ccc2c(c1)-c1cccc3c(-c4ccc(-c5ccc(-c6cccc7c6sc6ccccc67)cc5)cc4)ccc-2c13. The fourth-order valence-electron chi connectivity index (χ4n) is 6.72. The molecule has 1 aliphatic carbocycles. The molecule has 8 aromatic rings. The number of rotatable bonds is 3. The Hall–Kier alpha value is -4.98. The van der Waals surface area contributed by atoms with Crippen LogP contribution in [0.2, 0.25) is 0 Å². The Balaban J connectivity index is 1.07. The molecule has 0 radical (unpaired) electrons. The van der Waals surface area contributed by atoms with E-state index in [2.05, 4.69) is 146 Å². The second kappa shape index (κ2) is 8.76. The monoisotopic (exact) mass is 536 g/mol. The third-order valence-electron chi connectivity index (χ3n) is 8.68. The maximum absolute atomic E-state index is 2.30. The van der Waals surface area contributed by atoms with Gasteiger partial charge in [-0.2, -0.15) is 0 Å². The van der Waals surface area contributed by atoms with Crippen LogP contribution in [0.25, 0.3) is 86.6 Å². The van der Waals surface area contributed by atoms with Crippen LogP contribution < -0.4 is 0 Å². The number of thiophene rings is 1. The molecule has 190 valence electrons. The minimum absolute atomic E-state index is 1.23. The number of hydrogen-bond donors (Lipinski definition) is 0. The number of hydrogen-bond acceptors (Lipinski definition) is 1. The Labute approximate surface area is 242 Å². The largest absolute Gasteiger partial charge is 0.135 e. The van der Waals surface area contributed by atoms with E-state index < -0.39 is 0 Å². The Bertz CT molecular complexity index is 2250. The van der Waals surface area contributed by atoms with Crippen molar-refractivity contribution in [3.05, 3.63) is 146 Å².